The quantitative estimate of drug-likeness (QED) is 0.339. The number of H-pyrrole nitrogens is 1. The van der Waals surface area contributed by atoms with Gasteiger partial charge in [0, 0.05) is 69.1 Å². The number of amides is 3. The predicted molar refractivity (Wildman–Crippen MR) is 156 cm³/mol. The highest BCUT2D eigenvalue weighted by atomic mass is 16.5. The molecule has 2 saturated heterocycles. The number of piperazine rings is 1. The van der Waals surface area contributed by atoms with Gasteiger partial charge in [0.1, 0.15) is 22.7 Å². The van der Waals surface area contributed by atoms with E-state index in [1.165, 1.54) is 12.0 Å². The van der Waals surface area contributed by atoms with Crippen molar-refractivity contribution >= 4 is 34.3 Å². The summed E-state index contributed by atoms with van der Waals surface area (Å²) >= 11 is 0. The Hall–Kier alpha value is -5.04. The average molecular weight is 571 g/mol. The third kappa shape index (κ3) is 5.46. The van der Waals surface area contributed by atoms with Crippen LogP contribution in [0.3, 0.4) is 0 Å². The first-order valence-corrected chi connectivity index (χ1v) is 13.6. The van der Waals surface area contributed by atoms with E-state index in [9.17, 15) is 14.4 Å². The summed E-state index contributed by atoms with van der Waals surface area (Å²) in [5.74, 6) is 1.60. The Bertz CT molecular complexity index is 1680. The number of hydrogen-bond acceptors (Lipinski definition) is 10. The van der Waals surface area contributed by atoms with E-state index >= 15 is 0 Å². The van der Waals surface area contributed by atoms with Crippen LogP contribution in [0.2, 0.25) is 0 Å². The van der Waals surface area contributed by atoms with E-state index in [1.54, 1.807) is 25.3 Å². The van der Waals surface area contributed by atoms with Crippen molar-refractivity contribution in [1.29, 1.82) is 0 Å². The van der Waals surface area contributed by atoms with E-state index in [0.29, 0.717) is 47.1 Å². The number of methoxy groups -OCH3 is 2. The highest BCUT2D eigenvalue weighted by Crippen LogP contribution is 2.29. The number of aromatic amines is 1. The van der Waals surface area contributed by atoms with Gasteiger partial charge in [0.25, 0.3) is 5.56 Å². The number of rotatable bonds is 7. The lowest BCUT2D eigenvalue weighted by Crippen LogP contribution is -2.50. The molecule has 3 amide bonds. The zero-order valence-corrected chi connectivity index (χ0v) is 23.3. The first-order chi connectivity index (χ1) is 20.4. The van der Waals surface area contributed by atoms with Crippen molar-refractivity contribution in [1.82, 2.24) is 30.4 Å². The van der Waals surface area contributed by atoms with Gasteiger partial charge in [0.2, 0.25) is 5.91 Å². The molecule has 0 unspecified atom stereocenters. The van der Waals surface area contributed by atoms with Gasteiger partial charge in [-0.25, -0.2) is 9.78 Å². The molecule has 42 heavy (non-hydrogen) atoms. The van der Waals surface area contributed by atoms with Gasteiger partial charge >= 0.3 is 6.03 Å². The molecule has 4 aromatic rings. The number of carbonyl (C=O) groups excluding carboxylic acids is 2. The SMILES string of the molecule is COc1cc(OC)c2c(=O)[nH]c(-c3ccc(N4CCN(Cc5ccc(N6CCC(=O)NC6=O)nn5)CC4)cc3)nc2c1. The van der Waals surface area contributed by atoms with Crippen molar-refractivity contribution in [3.05, 3.63) is 64.6 Å². The molecule has 2 aliphatic heterocycles. The third-order valence-electron chi connectivity index (χ3n) is 7.50. The molecule has 2 N–H and O–H groups in total. The second-order valence-electron chi connectivity index (χ2n) is 10.1. The van der Waals surface area contributed by atoms with Crippen molar-refractivity contribution in [3.63, 3.8) is 0 Å². The maximum Gasteiger partial charge on any atom is 0.329 e. The van der Waals surface area contributed by atoms with E-state index < -0.39 is 6.03 Å². The Morgan fingerprint density at radius 2 is 1.67 bits per heavy atom. The first kappa shape index (κ1) is 27.1. The van der Waals surface area contributed by atoms with Crippen LogP contribution in [-0.2, 0) is 11.3 Å². The normalized spacial score (nSPS) is 16.0. The fraction of sp³-hybridized carbons (Fsp3) is 0.310. The summed E-state index contributed by atoms with van der Waals surface area (Å²) in [5.41, 5.74) is 2.93. The van der Waals surface area contributed by atoms with Crippen molar-refractivity contribution in [2.75, 3.05) is 56.7 Å². The van der Waals surface area contributed by atoms with Crippen LogP contribution in [0.15, 0.2) is 53.3 Å². The van der Waals surface area contributed by atoms with E-state index in [4.69, 9.17) is 9.47 Å². The Morgan fingerprint density at radius 1 is 0.881 bits per heavy atom. The summed E-state index contributed by atoms with van der Waals surface area (Å²) in [6.45, 7) is 4.34. The Labute approximate surface area is 241 Å². The minimum absolute atomic E-state index is 0.243. The molecule has 0 saturated carbocycles. The van der Waals surface area contributed by atoms with E-state index in [-0.39, 0.29) is 17.9 Å². The molecule has 2 aliphatic rings. The fourth-order valence-electron chi connectivity index (χ4n) is 5.21. The standard InChI is InChI=1S/C29H30N8O5/c1-41-21-15-22-26(23(16-21)42-2)28(39)32-27(30-22)18-3-6-20(7-4-18)36-13-11-35(12-14-36)17-19-5-8-24(34-33-19)37-10-9-25(38)31-29(37)40/h3-8,15-16H,9-14,17H2,1-2H3,(H,30,32,39)(H,31,38,40). The number of hydrogen-bond donors (Lipinski definition) is 2. The Balaban J connectivity index is 1.08. The number of urea groups is 1. The highest BCUT2D eigenvalue weighted by Gasteiger charge is 2.25. The van der Waals surface area contributed by atoms with Crippen molar-refractivity contribution in [2.24, 2.45) is 0 Å². The van der Waals surface area contributed by atoms with E-state index in [1.807, 2.05) is 30.3 Å². The number of aromatic nitrogens is 4. The van der Waals surface area contributed by atoms with Crippen LogP contribution in [0.4, 0.5) is 16.3 Å². The van der Waals surface area contributed by atoms with Gasteiger partial charge in [-0.05, 0) is 36.4 Å². The summed E-state index contributed by atoms with van der Waals surface area (Å²) in [6, 6.07) is 14.5. The topological polar surface area (TPSA) is 146 Å². The van der Waals surface area contributed by atoms with Crippen LogP contribution in [0.25, 0.3) is 22.3 Å². The molecule has 6 rings (SSSR count). The van der Waals surface area contributed by atoms with Crippen LogP contribution in [0.1, 0.15) is 12.1 Å². The average Bonchev–Trinajstić information content (AvgIpc) is 3.01. The number of benzene rings is 2. The molecule has 0 spiro atoms. The summed E-state index contributed by atoms with van der Waals surface area (Å²) in [6.07, 6.45) is 0.243. The second kappa shape index (κ2) is 11.4. The summed E-state index contributed by atoms with van der Waals surface area (Å²) < 4.78 is 10.7. The molecular weight excluding hydrogens is 540 g/mol. The van der Waals surface area contributed by atoms with Gasteiger partial charge in [-0.2, -0.15) is 5.10 Å². The number of ether oxygens (including phenoxy) is 2. The zero-order valence-electron chi connectivity index (χ0n) is 23.3. The molecule has 4 heterocycles. The minimum atomic E-state index is -0.472. The van der Waals surface area contributed by atoms with Gasteiger partial charge in [-0.15, -0.1) is 5.10 Å². The lowest BCUT2D eigenvalue weighted by atomic mass is 10.1. The molecule has 0 bridgehead atoms. The van der Waals surface area contributed by atoms with E-state index in [2.05, 4.69) is 35.3 Å². The van der Waals surface area contributed by atoms with Crippen LogP contribution in [-0.4, -0.2) is 83.9 Å². The molecule has 0 atom stereocenters. The molecule has 2 fully saturated rings. The zero-order chi connectivity index (χ0) is 29.2. The molecular formula is C29H30N8O5. The maximum atomic E-state index is 12.9. The minimum Gasteiger partial charge on any atom is -0.497 e. The van der Waals surface area contributed by atoms with Crippen LogP contribution in [0, 0.1) is 0 Å². The van der Waals surface area contributed by atoms with Gasteiger partial charge in [-0.1, -0.05) is 0 Å². The first-order valence-electron chi connectivity index (χ1n) is 13.6. The highest BCUT2D eigenvalue weighted by molar-refractivity contribution is 6.05. The smallest absolute Gasteiger partial charge is 0.329 e. The number of nitrogens with zero attached hydrogens (tertiary/aromatic N) is 6. The van der Waals surface area contributed by atoms with Crippen LogP contribution >= 0.6 is 0 Å². The molecule has 2 aromatic carbocycles. The number of nitrogens with one attached hydrogen (secondary N) is 2. The molecule has 0 aliphatic carbocycles. The number of fused-ring (bicyclic) bond motifs is 1. The van der Waals surface area contributed by atoms with Gasteiger partial charge in [0.05, 0.1) is 25.4 Å². The van der Waals surface area contributed by atoms with Gasteiger partial charge in [0.15, 0.2) is 5.82 Å². The Morgan fingerprint density at radius 3 is 2.33 bits per heavy atom. The van der Waals surface area contributed by atoms with Crippen LogP contribution < -0.4 is 30.1 Å². The van der Waals surface area contributed by atoms with Crippen molar-refractivity contribution < 1.29 is 19.1 Å². The van der Waals surface area contributed by atoms with Gasteiger partial charge < -0.3 is 19.4 Å². The lowest BCUT2D eigenvalue weighted by Gasteiger charge is -2.36. The van der Waals surface area contributed by atoms with Crippen LogP contribution in [0.5, 0.6) is 11.5 Å². The maximum absolute atomic E-state index is 12.9. The Kier molecular flexibility index (Phi) is 7.40. The lowest BCUT2D eigenvalue weighted by molar-refractivity contribution is -0.120. The largest absolute Gasteiger partial charge is 0.497 e. The summed E-state index contributed by atoms with van der Waals surface area (Å²) in [5, 5.41) is 11.2. The fourth-order valence-corrected chi connectivity index (χ4v) is 5.21. The summed E-state index contributed by atoms with van der Waals surface area (Å²) in [4.78, 5) is 49.9. The summed E-state index contributed by atoms with van der Waals surface area (Å²) in [7, 11) is 3.07. The van der Waals surface area contributed by atoms with Crippen molar-refractivity contribution in [2.45, 2.75) is 13.0 Å². The molecule has 13 nitrogen and oxygen atoms in total. The molecule has 2 aromatic heterocycles. The molecule has 0 radical (unpaired) electrons. The third-order valence-corrected chi connectivity index (χ3v) is 7.50. The van der Waals surface area contributed by atoms with Gasteiger partial charge in [-0.3, -0.25) is 24.7 Å². The van der Waals surface area contributed by atoms with Crippen molar-refractivity contribution in [3.8, 4) is 22.9 Å². The molecule has 13 heteroatoms. The molecule has 216 valence electrons. The number of imide groups is 1. The van der Waals surface area contributed by atoms with E-state index in [0.717, 1.165) is 43.1 Å². The number of carbonyl (C=O) groups is 2. The number of anilines is 2. The predicted octanol–water partition coefficient (Wildman–Crippen LogP) is 2.17. The second-order valence-corrected chi connectivity index (χ2v) is 10.1. The monoisotopic (exact) mass is 570 g/mol.